The molecule has 0 radical (unpaired) electrons. The number of barbiturate groups is 1. The number of nitrogens with zero attached hydrogens (tertiary/aromatic N) is 1. The molecule has 10 heteroatoms. The van der Waals surface area contributed by atoms with Gasteiger partial charge in [-0.25, -0.2) is 14.5 Å². The molecule has 212 valence electrons. The smallest absolute Gasteiger partial charge is 0.338 e. The van der Waals surface area contributed by atoms with Gasteiger partial charge in [0.15, 0.2) is 11.5 Å². The molecule has 0 atom stereocenters. The zero-order valence-electron chi connectivity index (χ0n) is 23.1. The van der Waals surface area contributed by atoms with Gasteiger partial charge >= 0.3 is 12.0 Å². The normalized spacial score (nSPS) is 14.2. The summed E-state index contributed by atoms with van der Waals surface area (Å²) in [7, 11) is 0. The van der Waals surface area contributed by atoms with Crippen LogP contribution in [0.3, 0.4) is 0 Å². The molecular formula is C31H29IN2O7. The minimum atomic E-state index is -0.888. The standard InChI is InChI=1S/C31H29IN2O7/c1-5-39-26-16-21(15-25(32)27(26)41-17-20-8-7-18(3)19(4)13-20)14-24-28(35)33-31(38)34(29(24)36)23-11-9-22(10-12-23)30(37)40-6-2/h7-16H,5-6,17H2,1-4H3,(H,33,35,38)/b24-14+. The fourth-order valence-electron chi connectivity index (χ4n) is 4.14. The van der Waals surface area contributed by atoms with Gasteiger partial charge in [-0.05, 0) is 115 Å². The number of carbonyl (C=O) groups is 4. The highest BCUT2D eigenvalue weighted by Crippen LogP contribution is 2.36. The predicted octanol–water partition coefficient (Wildman–Crippen LogP) is 5.73. The number of amides is 4. The Morgan fingerprint density at radius 1 is 0.927 bits per heavy atom. The van der Waals surface area contributed by atoms with Crippen LogP contribution in [0.4, 0.5) is 10.5 Å². The number of imide groups is 2. The Hall–Kier alpha value is -4.19. The lowest BCUT2D eigenvalue weighted by atomic mass is 10.1. The van der Waals surface area contributed by atoms with Crippen LogP contribution in [0.5, 0.6) is 11.5 Å². The van der Waals surface area contributed by atoms with Crippen LogP contribution in [0, 0.1) is 17.4 Å². The molecule has 1 heterocycles. The summed E-state index contributed by atoms with van der Waals surface area (Å²) in [5.74, 6) is -1.13. The minimum absolute atomic E-state index is 0.193. The topological polar surface area (TPSA) is 111 Å². The Morgan fingerprint density at radius 2 is 1.66 bits per heavy atom. The van der Waals surface area contributed by atoms with E-state index >= 15 is 0 Å². The highest BCUT2D eigenvalue weighted by molar-refractivity contribution is 14.1. The molecule has 0 saturated carbocycles. The van der Waals surface area contributed by atoms with Crippen LogP contribution in [0.1, 0.15) is 46.5 Å². The Morgan fingerprint density at radius 3 is 2.32 bits per heavy atom. The maximum absolute atomic E-state index is 13.4. The van der Waals surface area contributed by atoms with Crippen LogP contribution in [-0.2, 0) is 20.9 Å². The third kappa shape index (κ3) is 6.76. The molecular weight excluding hydrogens is 639 g/mol. The Bertz CT molecular complexity index is 1550. The number of carbonyl (C=O) groups excluding carboxylic acids is 4. The number of esters is 1. The minimum Gasteiger partial charge on any atom is -0.490 e. The molecule has 1 saturated heterocycles. The SMILES string of the molecule is CCOC(=O)c1ccc(N2C(=O)NC(=O)/C(=C\c3cc(I)c(OCc4ccc(C)c(C)c4)c(OCC)c3)C2=O)cc1. The number of hydrogen-bond acceptors (Lipinski definition) is 7. The number of rotatable bonds is 9. The molecule has 1 aliphatic heterocycles. The van der Waals surface area contributed by atoms with Gasteiger partial charge < -0.3 is 14.2 Å². The van der Waals surface area contributed by atoms with Crippen molar-refractivity contribution < 1.29 is 33.4 Å². The van der Waals surface area contributed by atoms with Gasteiger partial charge in [-0.3, -0.25) is 14.9 Å². The van der Waals surface area contributed by atoms with E-state index in [9.17, 15) is 19.2 Å². The number of urea groups is 1. The first-order valence-electron chi connectivity index (χ1n) is 13.0. The van der Waals surface area contributed by atoms with E-state index < -0.39 is 23.8 Å². The summed E-state index contributed by atoms with van der Waals surface area (Å²) in [6.07, 6.45) is 1.40. The van der Waals surface area contributed by atoms with Gasteiger partial charge in [-0.1, -0.05) is 18.2 Å². The second kappa shape index (κ2) is 13.0. The average molecular weight is 668 g/mol. The van der Waals surface area contributed by atoms with E-state index in [1.165, 1.54) is 41.5 Å². The first-order valence-corrected chi connectivity index (χ1v) is 14.0. The van der Waals surface area contributed by atoms with Crippen LogP contribution in [0.25, 0.3) is 6.08 Å². The van der Waals surface area contributed by atoms with E-state index in [0.29, 0.717) is 30.3 Å². The van der Waals surface area contributed by atoms with Gasteiger partial charge in [0.1, 0.15) is 12.2 Å². The summed E-state index contributed by atoms with van der Waals surface area (Å²) in [5, 5.41) is 2.21. The van der Waals surface area contributed by atoms with Crippen molar-refractivity contribution in [3.63, 3.8) is 0 Å². The van der Waals surface area contributed by atoms with E-state index in [2.05, 4.69) is 40.9 Å². The monoisotopic (exact) mass is 668 g/mol. The Kier molecular flexibility index (Phi) is 9.43. The number of nitrogens with one attached hydrogen (secondary N) is 1. The molecule has 1 N–H and O–H groups in total. The van der Waals surface area contributed by atoms with Crippen molar-refractivity contribution in [1.29, 1.82) is 0 Å². The second-order valence-corrected chi connectivity index (χ2v) is 10.4. The number of anilines is 1. The second-order valence-electron chi connectivity index (χ2n) is 9.20. The van der Waals surface area contributed by atoms with Crippen molar-refractivity contribution in [2.75, 3.05) is 18.1 Å². The quantitative estimate of drug-likeness (QED) is 0.134. The first kappa shape index (κ1) is 29.8. The maximum atomic E-state index is 13.4. The highest BCUT2D eigenvalue weighted by Gasteiger charge is 2.37. The van der Waals surface area contributed by atoms with Gasteiger partial charge in [0.05, 0.1) is 28.0 Å². The van der Waals surface area contributed by atoms with Gasteiger partial charge in [0.25, 0.3) is 11.8 Å². The Labute approximate surface area is 251 Å². The van der Waals surface area contributed by atoms with Crippen LogP contribution in [0.2, 0.25) is 0 Å². The number of aryl methyl sites for hydroxylation is 2. The van der Waals surface area contributed by atoms with Crippen molar-refractivity contribution in [2.24, 2.45) is 0 Å². The third-order valence-electron chi connectivity index (χ3n) is 6.34. The maximum Gasteiger partial charge on any atom is 0.338 e. The molecule has 4 amide bonds. The largest absolute Gasteiger partial charge is 0.490 e. The molecule has 9 nitrogen and oxygen atoms in total. The van der Waals surface area contributed by atoms with Gasteiger partial charge in [0.2, 0.25) is 0 Å². The molecule has 0 bridgehead atoms. The van der Waals surface area contributed by atoms with Crippen molar-refractivity contribution in [3.8, 4) is 11.5 Å². The van der Waals surface area contributed by atoms with Gasteiger partial charge in [0, 0.05) is 0 Å². The van der Waals surface area contributed by atoms with Crippen LogP contribution >= 0.6 is 22.6 Å². The molecule has 0 aliphatic carbocycles. The fourth-order valence-corrected chi connectivity index (χ4v) is 4.92. The van der Waals surface area contributed by atoms with E-state index in [-0.39, 0.29) is 23.4 Å². The molecule has 1 fully saturated rings. The predicted molar refractivity (Wildman–Crippen MR) is 162 cm³/mol. The summed E-state index contributed by atoms with van der Waals surface area (Å²) in [5.41, 5.74) is 4.13. The molecule has 41 heavy (non-hydrogen) atoms. The average Bonchev–Trinajstić information content (AvgIpc) is 2.93. The Balaban J connectivity index is 1.62. The summed E-state index contributed by atoms with van der Waals surface area (Å²) < 4.78 is 17.7. The summed E-state index contributed by atoms with van der Waals surface area (Å²) in [6.45, 7) is 8.57. The first-order chi connectivity index (χ1) is 19.6. The molecule has 0 spiro atoms. The number of hydrogen-bond donors (Lipinski definition) is 1. The van der Waals surface area contributed by atoms with Crippen LogP contribution < -0.4 is 19.7 Å². The fraction of sp³-hybridized carbons (Fsp3) is 0.226. The van der Waals surface area contributed by atoms with E-state index in [1.54, 1.807) is 19.1 Å². The van der Waals surface area contributed by atoms with Crippen molar-refractivity contribution in [2.45, 2.75) is 34.3 Å². The number of ether oxygens (including phenoxy) is 3. The number of halogens is 1. The molecule has 3 aromatic carbocycles. The summed E-state index contributed by atoms with van der Waals surface area (Å²) >= 11 is 2.12. The molecule has 0 unspecified atom stereocenters. The lowest BCUT2D eigenvalue weighted by Gasteiger charge is -2.26. The highest BCUT2D eigenvalue weighted by atomic mass is 127. The lowest BCUT2D eigenvalue weighted by Crippen LogP contribution is -2.54. The van der Waals surface area contributed by atoms with Gasteiger partial charge in [-0.15, -0.1) is 0 Å². The summed E-state index contributed by atoms with van der Waals surface area (Å²) in [6, 6.07) is 14.5. The van der Waals surface area contributed by atoms with Crippen molar-refractivity contribution in [1.82, 2.24) is 5.32 Å². The lowest BCUT2D eigenvalue weighted by molar-refractivity contribution is -0.122. The van der Waals surface area contributed by atoms with Crippen LogP contribution in [0.15, 0.2) is 60.2 Å². The van der Waals surface area contributed by atoms with E-state index in [4.69, 9.17) is 14.2 Å². The zero-order chi connectivity index (χ0) is 29.7. The molecule has 0 aromatic heterocycles. The van der Waals surface area contributed by atoms with E-state index in [0.717, 1.165) is 14.0 Å². The third-order valence-corrected chi connectivity index (χ3v) is 7.14. The summed E-state index contributed by atoms with van der Waals surface area (Å²) in [4.78, 5) is 51.5. The zero-order valence-corrected chi connectivity index (χ0v) is 25.2. The van der Waals surface area contributed by atoms with Crippen molar-refractivity contribution in [3.05, 3.63) is 91.6 Å². The number of benzene rings is 3. The van der Waals surface area contributed by atoms with Gasteiger partial charge in [-0.2, -0.15) is 0 Å². The molecule has 1 aliphatic rings. The molecule has 4 rings (SSSR count). The van der Waals surface area contributed by atoms with E-state index in [1.807, 2.05) is 26.0 Å². The van der Waals surface area contributed by atoms with Crippen LogP contribution in [-0.4, -0.2) is 37.0 Å². The molecule has 3 aromatic rings. The van der Waals surface area contributed by atoms with Crippen molar-refractivity contribution >= 4 is 58.2 Å².